The van der Waals surface area contributed by atoms with Gasteiger partial charge in [0, 0.05) is 16.9 Å². The Kier molecular flexibility index (Phi) is 7.35. The predicted octanol–water partition coefficient (Wildman–Crippen LogP) is 6.07. The normalized spacial score (nSPS) is 15.5. The highest BCUT2D eigenvalue weighted by molar-refractivity contribution is 8.00. The van der Waals surface area contributed by atoms with Gasteiger partial charge in [-0.25, -0.2) is 0 Å². The first-order chi connectivity index (χ1) is 16.1. The molecular formula is C27H28N2O3S. The lowest BCUT2D eigenvalue weighted by molar-refractivity contribution is -0.115. The molecule has 170 valence electrons. The summed E-state index contributed by atoms with van der Waals surface area (Å²) in [7, 11) is 1.62. The van der Waals surface area contributed by atoms with Crippen molar-refractivity contribution in [2.75, 3.05) is 23.1 Å². The zero-order valence-corrected chi connectivity index (χ0v) is 19.7. The molecule has 1 aliphatic heterocycles. The third-order valence-electron chi connectivity index (χ3n) is 5.71. The maximum atomic E-state index is 12.6. The Morgan fingerprint density at radius 2 is 1.73 bits per heavy atom. The summed E-state index contributed by atoms with van der Waals surface area (Å²) in [6.45, 7) is 2.17. The average Bonchev–Trinajstić information content (AvgIpc) is 3.24. The van der Waals surface area contributed by atoms with E-state index in [-0.39, 0.29) is 17.2 Å². The van der Waals surface area contributed by atoms with Crippen LogP contribution in [0.4, 0.5) is 11.4 Å². The number of hydrogen-bond acceptors (Lipinski definition) is 4. The summed E-state index contributed by atoms with van der Waals surface area (Å²) < 4.78 is 5.23. The molecule has 1 atom stereocenters. The van der Waals surface area contributed by atoms with Crippen LogP contribution in [0.1, 0.15) is 46.6 Å². The van der Waals surface area contributed by atoms with Gasteiger partial charge in [0.15, 0.2) is 0 Å². The summed E-state index contributed by atoms with van der Waals surface area (Å²) in [6.07, 6.45) is 3.34. The van der Waals surface area contributed by atoms with Gasteiger partial charge in [0.25, 0.3) is 5.91 Å². The minimum Gasteiger partial charge on any atom is -0.497 e. The largest absolute Gasteiger partial charge is 0.497 e. The number of benzene rings is 3. The molecule has 1 fully saturated rings. The first-order valence-corrected chi connectivity index (χ1v) is 12.2. The summed E-state index contributed by atoms with van der Waals surface area (Å²) in [6, 6.07) is 23.0. The molecule has 1 N–H and O–H groups in total. The van der Waals surface area contributed by atoms with E-state index in [1.165, 1.54) is 5.56 Å². The molecule has 0 aliphatic carbocycles. The number of carbonyl (C=O) groups is 2. The van der Waals surface area contributed by atoms with Gasteiger partial charge in [-0.2, -0.15) is 0 Å². The number of hydrogen-bond donors (Lipinski definition) is 1. The zero-order valence-electron chi connectivity index (χ0n) is 18.9. The number of nitrogens with one attached hydrogen (secondary N) is 1. The van der Waals surface area contributed by atoms with Crippen LogP contribution in [0.2, 0.25) is 0 Å². The number of aryl methyl sites for hydroxylation is 1. The first-order valence-electron chi connectivity index (χ1n) is 11.2. The molecule has 0 unspecified atom stereocenters. The number of anilines is 2. The zero-order chi connectivity index (χ0) is 23.2. The number of methoxy groups -OCH3 is 1. The monoisotopic (exact) mass is 460 g/mol. The van der Waals surface area contributed by atoms with Gasteiger partial charge in [-0.15, -0.1) is 11.8 Å². The Bertz CT molecular complexity index is 1100. The topological polar surface area (TPSA) is 58.6 Å². The second-order valence-electron chi connectivity index (χ2n) is 8.00. The van der Waals surface area contributed by atoms with Crippen LogP contribution in [0, 0.1) is 0 Å². The molecule has 2 amide bonds. The van der Waals surface area contributed by atoms with E-state index in [4.69, 9.17) is 4.74 Å². The van der Waals surface area contributed by atoms with Crippen LogP contribution in [-0.4, -0.2) is 24.7 Å². The van der Waals surface area contributed by atoms with Gasteiger partial charge in [-0.3, -0.25) is 14.5 Å². The molecule has 5 nitrogen and oxygen atoms in total. The van der Waals surface area contributed by atoms with Crippen molar-refractivity contribution in [3.8, 4) is 5.75 Å². The lowest BCUT2D eigenvalue weighted by Gasteiger charge is -2.24. The van der Waals surface area contributed by atoms with Crippen molar-refractivity contribution in [1.82, 2.24) is 0 Å². The third kappa shape index (κ3) is 5.40. The fraction of sp³-hybridized carbons (Fsp3) is 0.259. The minimum absolute atomic E-state index is 0.0786. The van der Waals surface area contributed by atoms with Crippen molar-refractivity contribution < 1.29 is 14.3 Å². The van der Waals surface area contributed by atoms with Gasteiger partial charge in [0.1, 0.15) is 11.1 Å². The number of carbonyl (C=O) groups excluding carboxylic acids is 2. The second-order valence-corrected chi connectivity index (χ2v) is 9.07. The van der Waals surface area contributed by atoms with Crippen LogP contribution >= 0.6 is 11.8 Å². The molecule has 0 spiro atoms. The molecule has 1 heterocycles. The van der Waals surface area contributed by atoms with Crippen molar-refractivity contribution in [2.45, 2.75) is 31.6 Å². The fourth-order valence-corrected chi connectivity index (χ4v) is 5.01. The molecule has 4 rings (SSSR count). The Morgan fingerprint density at radius 1 is 1.03 bits per heavy atom. The van der Waals surface area contributed by atoms with Gasteiger partial charge in [-0.1, -0.05) is 37.6 Å². The maximum absolute atomic E-state index is 12.6. The van der Waals surface area contributed by atoms with Crippen LogP contribution in [-0.2, 0) is 11.2 Å². The Labute approximate surface area is 199 Å². The van der Waals surface area contributed by atoms with E-state index in [9.17, 15) is 9.59 Å². The van der Waals surface area contributed by atoms with Crippen LogP contribution in [0.15, 0.2) is 72.8 Å². The number of thioether (sulfide) groups is 1. The summed E-state index contributed by atoms with van der Waals surface area (Å²) in [5.41, 5.74) is 4.48. The minimum atomic E-state index is -0.130. The lowest BCUT2D eigenvalue weighted by atomic mass is 10.1. The molecule has 1 saturated heterocycles. The highest BCUT2D eigenvalue weighted by atomic mass is 32.2. The van der Waals surface area contributed by atoms with Gasteiger partial charge < -0.3 is 10.1 Å². The highest BCUT2D eigenvalue weighted by Gasteiger charge is 2.34. The summed E-state index contributed by atoms with van der Waals surface area (Å²) >= 11 is 1.60. The predicted molar refractivity (Wildman–Crippen MR) is 135 cm³/mol. The second kappa shape index (κ2) is 10.6. The van der Waals surface area contributed by atoms with Gasteiger partial charge >= 0.3 is 0 Å². The number of ether oxygens (including phenoxy) is 1. The summed E-state index contributed by atoms with van der Waals surface area (Å²) in [4.78, 5) is 27.0. The molecule has 33 heavy (non-hydrogen) atoms. The highest BCUT2D eigenvalue weighted by Crippen LogP contribution is 2.42. The molecule has 1 aliphatic rings. The van der Waals surface area contributed by atoms with Crippen molar-refractivity contribution in [1.29, 1.82) is 0 Å². The van der Waals surface area contributed by atoms with Gasteiger partial charge in [0.2, 0.25) is 5.91 Å². The van der Waals surface area contributed by atoms with Gasteiger partial charge in [-0.05, 0) is 72.5 Å². The fourth-order valence-electron chi connectivity index (χ4n) is 3.83. The van der Waals surface area contributed by atoms with Gasteiger partial charge in [0.05, 0.1) is 12.9 Å². The molecule has 0 bridgehead atoms. The average molecular weight is 461 g/mol. The summed E-state index contributed by atoms with van der Waals surface area (Å²) in [5.74, 6) is 1.14. The van der Waals surface area contributed by atoms with Crippen LogP contribution in [0.5, 0.6) is 5.75 Å². The quantitative estimate of drug-likeness (QED) is 0.443. The SMILES string of the molecule is CCCCc1ccc(C(=O)Nc2ccc([C@@H]3SCC(=O)N3c3ccc(OC)cc3)cc2)cc1. The van der Waals surface area contributed by atoms with E-state index in [2.05, 4.69) is 12.2 Å². The summed E-state index contributed by atoms with van der Waals surface area (Å²) in [5, 5.41) is 2.86. The number of rotatable bonds is 8. The van der Waals surface area contributed by atoms with E-state index >= 15 is 0 Å². The van der Waals surface area contributed by atoms with Crippen LogP contribution in [0.3, 0.4) is 0 Å². The molecular weight excluding hydrogens is 432 g/mol. The molecule has 0 saturated carbocycles. The first kappa shape index (κ1) is 22.9. The van der Waals surface area contributed by atoms with Crippen LogP contribution in [0.25, 0.3) is 0 Å². The lowest BCUT2D eigenvalue weighted by Crippen LogP contribution is -2.27. The van der Waals surface area contributed by atoms with Crippen molar-refractivity contribution >= 4 is 35.0 Å². The Balaban J connectivity index is 1.43. The standard InChI is InChI=1S/C27H28N2O3S/c1-3-4-5-19-6-8-20(9-7-19)26(31)28-22-12-10-21(11-13-22)27-29(25(30)18-33-27)23-14-16-24(32-2)17-15-23/h6-17,27H,3-5,18H2,1-2H3,(H,28,31)/t27-/m0/s1. The van der Waals surface area contributed by atoms with Crippen molar-refractivity contribution in [3.63, 3.8) is 0 Å². The van der Waals surface area contributed by atoms with E-state index in [1.54, 1.807) is 18.9 Å². The van der Waals surface area contributed by atoms with Crippen molar-refractivity contribution in [3.05, 3.63) is 89.5 Å². The smallest absolute Gasteiger partial charge is 0.255 e. The maximum Gasteiger partial charge on any atom is 0.255 e. The molecule has 6 heteroatoms. The number of unbranched alkanes of at least 4 members (excludes halogenated alkanes) is 1. The third-order valence-corrected chi connectivity index (χ3v) is 6.92. The Hall–Kier alpha value is -3.25. The van der Waals surface area contributed by atoms with E-state index in [0.29, 0.717) is 11.3 Å². The van der Waals surface area contributed by atoms with E-state index in [0.717, 1.165) is 42.0 Å². The molecule has 0 radical (unpaired) electrons. The van der Waals surface area contributed by atoms with E-state index in [1.807, 2.05) is 77.7 Å². The number of amides is 2. The van der Waals surface area contributed by atoms with Crippen molar-refractivity contribution in [2.24, 2.45) is 0 Å². The van der Waals surface area contributed by atoms with Crippen LogP contribution < -0.4 is 15.0 Å². The Morgan fingerprint density at radius 3 is 2.36 bits per heavy atom. The molecule has 3 aromatic rings. The number of nitrogens with zero attached hydrogens (tertiary/aromatic N) is 1. The molecule has 3 aromatic carbocycles. The van der Waals surface area contributed by atoms with E-state index < -0.39 is 0 Å². The molecule has 0 aromatic heterocycles.